The van der Waals surface area contributed by atoms with E-state index in [0.29, 0.717) is 0 Å². The number of halogens is 1. The lowest BCUT2D eigenvalue weighted by atomic mass is 9.61. The first-order valence-electron chi connectivity index (χ1n) is 5.48. The van der Waals surface area contributed by atoms with Gasteiger partial charge in [0.1, 0.15) is 0 Å². The van der Waals surface area contributed by atoms with E-state index in [4.69, 9.17) is 0 Å². The Morgan fingerprint density at radius 1 is 1.15 bits per heavy atom. The number of hydrogen-bond acceptors (Lipinski definition) is 1. The summed E-state index contributed by atoms with van der Waals surface area (Å²) >= 11 is 0. The first kappa shape index (κ1) is 11.3. The van der Waals surface area contributed by atoms with Gasteiger partial charge in [-0.05, 0) is 24.2 Å². The topological polar surface area (TPSA) is 12.0 Å². The molecule has 2 aliphatic rings. The van der Waals surface area contributed by atoms with Gasteiger partial charge in [0, 0.05) is 12.6 Å². The van der Waals surface area contributed by atoms with Gasteiger partial charge in [0.05, 0.1) is 0 Å². The molecule has 1 spiro atoms. The van der Waals surface area contributed by atoms with Crippen molar-refractivity contribution in [2.24, 2.45) is 11.3 Å². The van der Waals surface area contributed by atoms with Gasteiger partial charge in [-0.1, -0.05) is 33.1 Å². The zero-order chi connectivity index (χ0) is 8.60. The van der Waals surface area contributed by atoms with Gasteiger partial charge < -0.3 is 5.32 Å². The lowest BCUT2D eigenvalue weighted by Crippen LogP contribution is -2.65. The summed E-state index contributed by atoms with van der Waals surface area (Å²) in [7, 11) is 0. The highest BCUT2D eigenvalue weighted by Crippen LogP contribution is 2.45. The lowest BCUT2D eigenvalue weighted by molar-refractivity contribution is 0.0110. The molecule has 1 heterocycles. The Kier molecular flexibility index (Phi) is 3.64. The molecule has 1 aliphatic heterocycles. The second-order valence-corrected chi connectivity index (χ2v) is 5.03. The Morgan fingerprint density at radius 3 is 2.15 bits per heavy atom. The van der Waals surface area contributed by atoms with E-state index in [0.717, 1.165) is 17.4 Å². The molecule has 0 aromatic heterocycles. The minimum absolute atomic E-state index is 0. The van der Waals surface area contributed by atoms with Crippen molar-refractivity contribution in [3.8, 4) is 0 Å². The Balaban J connectivity index is 0.000000845. The van der Waals surface area contributed by atoms with Crippen LogP contribution >= 0.6 is 12.4 Å². The minimum atomic E-state index is 0. The summed E-state index contributed by atoms with van der Waals surface area (Å²) in [6.07, 6.45) is 7.41. The molecule has 2 heteroatoms. The second kappa shape index (κ2) is 4.18. The van der Waals surface area contributed by atoms with Crippen molar-refractivity contribution in [2.75, 3.05) is 6.54 Å². The van der Waals surface area contributed by atoms with Crippen LogP contribution in [0.3, 0.4) is 0 Å². The third kappa shape index (κ3) is 1.87. The number of rotatable bonds is 1. The molecule has 2 rings (SSSR count). The molecule has 0 amide bonds. The largest absolute Gasteiger partial charge is 0.313 e. The summed E-state index contributed by atoms with van der Waals surface area (Å²) in [4.78, 5) is 0. The van der Waals surface area contributed by atoms with Crippen LogP contribution in [-0.2, 0) is 0 Å². The first-order chi connectivity index (χ1) is 5.75. The second-order valence-electron chi connectivity index (χ2n) is 5.03. The van der Waals surface area contributed by atoms with Crippen molar-refractivity contribution in [1.29, 1.82) is 0 Å². The number of hydrogen-bond donors (Lipinski definition) is 1. The first-order valence-corrected chi connectivity index (χ1v) is 5.48. The maximum Gasteiger partial charge on any atom is 0.0159 e. The zero-order valence-corrected chi connectivity index (χ0v) is 9.62. The Morgan fingerprint density at radius 2 is 1.77 bits per heavy atom. The van der Waals surface area contributed by atoms with Crippen molar-refractivity contribution >= 4 is 12.4 Å². The average molecular weight is 204 g/mol. The van der Waals surface area contributed by atoms with Crippen molar-refractivity contribution in [3.63, 3.8) is 0 Å². The van der Waals surface area contributed by atoms with E-state index in [1.54, 1.807) is 0 Å². The van der Waals surface area contributed by atoms with Gasteiger partial charge in [-0.3, -0.25) is 0 Å². The van der Waals surface area contributed by atoms with Crippen LogP contribution in [0.25, 0.3) is 0 Å². The molecule has 2 fully saturated rings. The monoisotopic (exact) mass is 203 g/mol. The lowest BCUT2D eigenvalue weighted by Gasteiger charge is -2.55. The zero-order valence-electron chi connectivity index (χ0n) is 8.81. The van der Waals surface area contributed by atoms with Crippen molar-refractivity contribution in [3.05, 3.63) is 0 Å². The van der Waals surface area contributed by atoms with Crippen molar-refractivity contribution < 1.29 is 0 Å². The molecule has 0 radical (unpaired) electrons. The van der Waals surface area contributed by atoms with Gasteiger partial charge >= 0.3 is 0 Å². The predicted molar refractivity (Wildman–Crippen MR) is 59.4 cm³/mol. The summed E-state index contributed by atoms with van der Waals surface area (Å²) in [5.74, 6) is 0.830. The highest BCUT2D eigenvalue weighted by molar-refractivity contribution is 5.85. The molecule has 1 N–H and O–H groups in total. The normalized spacial score (nSPS) is 31.2. The molecule has 0 aromatic rings. The molecule has 1 saturated heterocycles. The molecule has 0 bridgehead atoms. The van der Waals surface area contributed by atoms with E-state index in [1.807, 2.05) is 0 Å². The molecule has 1 aliphatic carbocycles. The third-order valence-electron chi connectivity index (χ3n) is 3.85. The minimum Gasteiger partial charge on any atom is -0.313 e. The third-order valence-corrected chi connectivity index (χ3v) is 3.85. The molecule has 78 valence electrons. The van der Waals surface area contributed by atoms with Crippen LogP contribution in [-0.4, -0.2) is 12.6 Å². The molecule has 1 saturated carbocycles. The van der Waals surface area contributed by atoms with Crippen LogP contribution < -0.4 is 5.32 Å². The van der Waals surface area contributed by atoms with E-state index in [1.165, 1.54) is 38.6 Å². The van der Waals surface area contributed by atoms with Crippen molar-refractivity contribution in [2.45, 2.75) is 52.0 Å². The summed E-state index contributed by atoms with van der Waals surface area (Å²) in [6.45, 7) is 6.01. The Bertz CT molecular complexity index is 161. The summed E-state index contributed by atoms with van der Waals surface area (Å²) in [5, 5.41) is 3.61. The van der Waals surface area contributed by atoms with Crippen LogP contribution in [0.4, 0.5) is 0 Å². The molecular weight excluding hydrogens is 182 g/mol. The van der Waals surface area contributed by atoms with E-state index in [2.05, 4.69) is 19.2 Å². The van der Waals surface area contributed by atoms with Crippen LogP contribution in [0, 0.1) is 11.3 Å². The summed E-state index contributed by atoms with van der Waals surface area (Å²) in [5.41, 5.74) is 0.729. The molecule has 1 atom stereocenters. The smallest absolute Gasteiger partial charge is 0.0159 e. The fourth-order valence-electron chi connectivity index (χ4n) is 3.20. The van der Waals surface area contributed by atoms with Crippen LogP contribution in [0.1, 0.15) is 46.0 Å². The van der Waals surface area contributed by atoms with E-state index in [-0.39, 0.29) is 12.4 Å². The quantitative estimate of drug-likeness (QED) is 0.691. The fourth-order valence-corrected chi connectivity index (χ4v) is 3.20. The SMILES string of the molecule is CC(C)C1NCC12CCCCC2.Cl. The van der Waals surface area contributed by atoms with Gasteiger partial charge in [-0.2, -0.15) is 0 Å². The van der Waals surface area contributed by atoms with E-state index < -0.39 is 0 Å². The van der Waals surface area contributed by atoms with Gasteiger partial charge in [0.15, 0.2) is 0 Å². The van der Waals surface area contributed by atoms with Crippen LogP contribution in [0.2, 0.25) is 0 Å². The average Bonchev–Trinajstić information content (AvgIpc) is 2.03. The van der Waals surface area contributed by atoms with E-state index in [9.17, 15) is 0 Å². The molecule has 0 aromatic carbocycles. The number of nitrogens with one attached hydrogen (secondary N) is 1. The summed E-state index contributed by atoms with van der Waals surface area (Å²) in [6, 6.07) is 0.831. The highest BCUT2D eigenvalue weighted by Gasteiger charge is 2.47. The maximum absolute atomic E-state index is 3.61. The van der Waals surface area contributed by atoms with Gasteiger partial charge in [-0.15, -0.1) is 12.4 Å². The molecular formula is C11H22ClN. The van der Waals surface area contributed by atoms with Gasteiger partial charge in [0.25, 0.3) is 0 Å². The molecule has 13 heavy (non-hydrogen) atoms. The molecule has 1 unspecified atom stereocenters. The van der Waals surface area contributed by atoms with Gasteiger partial charge in [-0.25, -0.2) is 0 Å². The van der Waals surface area contributed by atoms with Crippen LogP contribution in [0.5, 0.6) is 0 Å². The van der Waals surface area contributed by atoms with Gasteiger partial charge in [0.2, 0.25) is 0 Å². The highest BCUT2D eigenvalue weighted by atomic mass is 35.5. The maximum atomic E-state index is 3.61. The Labute approximate surface area is 88.1 Å². The van der Waals surface area contributed by atoms with E-state index >= 15 is 0 Å². The Hall–Kier alpha value is 0.250. The van der Waals surface area contributed by atoms with Crippen molar-refractivity contribution in [1.82, 2.24) is 5.32 Å². The molecule has 1 nitrogen and oxygen atoms in total. The summed E-state index contributed by atoms with van der Waals surface area (Å²) < 4.78 is 0. The fraction of sp³-hybridized carbons (Fsp3) is 1.00. The predicted octanol–water partition coefficient (Wildman–Crippen LogP) is 2.99. The van der Waals surface area contributed by atoms with Crippen LogP contribution in [0.15, 0.2) is 0 Å². The standard InChI is InChI=1S/C11H21N.ClH/c1-9(2)10-11(8-12-10)6-4-3-5-7-11;/h9-10,12H,3-8H2,1-2H3;1H.